The third-order valence-electron chi connectivity index (χ3n) is 6.19. The van der Waals surface area contributed by atoms with Gasteiger partial charge in [-0.05, 0) is 82.5 Å². The Hall–Kier alpha value is -3.34. The summed E-state index contributed by atoms with van der Waals surface area (Å²) < 4.78 is 30.5. The summed E-state index contributed by atoms with van der Waals surface area (Å²) in [6.45, 7) is 18.8. The zero-order valence-corrected chi connectivity index (χ0v) is 30.7. The number of anilines is 1. The number of phosphoric acid groups is 1. The largest absolute Gasteiger partial charge is 0.477 e. The van der Waals surface area contributed by atoms with E-state index in [4.69, 9.17) is 13.6 Å². The second-order valence-corrected chi connectivity index (χ2v) is 17.7. The van der Waals surface area contributed by atoms with Gasteiger partial charge in [-0.2, -0.15) is 0 Å². The fourth-order valence-corrected chi connectivity index (χ4v) is 7.24. The molecule has 1 heterocycles. The number of aromatic nitrogens is 4. The van der Waals surface area contributed by atoms with Gasteiger partial charge in [0.2, 0.25) is 11.7 Å². The quantitative estimate of drug-likeness (QED) is 0.122. The number of thioether (sulfide) groups is 1. The lowest BCUT2D eigenvalue weighted by Gasteiger charge is -2.30. The zero-order chi connectivity index (χ0) is 34.6. The maximum Gasteiger partial charge on any atom is 0.477 e. The van der Waals surface area contributed by atoms with Gasteiger partial charge in [0.25, 0.3) is 0 Å². The molecule has 0 spiro atoms. The lowest BCUT2D eigenvalue weighted by molar-refractivity contribution is -0.115. The Balaban J connectivity index is 1.61. The molecule has 1 amide bonds. The molecule has 12 heteroatoms. The van der Waals surface area contributed by atoms with Crippen molar-refractivity contribution in [3.8, 4) is 22.5 Å². The second-order valence-electron chi connectivity index (χ2n) is 14.3. The van der Waals surface area contributed by atoms with Gasteiger partial charge in [-0.15, -0.1) is 26.8 Å². The van der Waals surface area contributed by atoms with E-state index in [1.54, 1.807) is 53.3 Å². The molecule has 47 heavy (non-hydrogen) atoms. The smallest absolute Gasteiger partial charge is 0.325 e. The normalized spacial score (nSPS) is 12.7. The molecule has 0 aliphatic carbocycles. The average Bonchev–Trinajstić information content (AvgIpc) is 3.41. The summed E-state index contributed by atoms with van der Waals surface area (Å²) in [5.41, 5.74) is 3.73. The molecule has 0 saturated carbocycles. The molecule has 4 aromatic rings. The number of amides is 1. The van der Waals surface area contributed by atoms with Crippen molar-refractivity contribution in [2.24, 2.45) is 0 Å². The molecule has 0 unspecified atom stereocenters. The van der Waals surface area contributed by atoms with Crippen LogP contribution in [0.25, 0.3) is 22.5 Å². The molecule has 0 atom stereocenters. The second kappa shape index (κ2) is 14.4. The summed E-state index contributed by atoms with van der Waals surface area (Å²) in [7, 11) is -3.98. The Bertz CT molecular complexity index is 1720. The maximum atomic E-state index is 13.5. The maximum absolute atomic E-state index is 13.5. The molecule has 0 aliphatic rings. The SMILES string of the molecule is Cc1ccc(CC(=O)Nc2cc(-c3ccccc3-c3nnn(COP(=O)(OC(C)(C)C)OC(C)(C)C)n3)ccc2SC(C)(C)C)cc1. The van der Waals surface area contributed by atoms with Crippen LogP contribution in [0.2, 0.25) is 0 Å². The van der Waals surface area contributed by atoms with E-state index in [1.165, 1.54) is 4.80 Å². The van der Waals surface area contributed by atoms with E-state index in [-0.39, 0.29) is 23.8 Å². The standard InChI is InChI=1S/C35H46N5O5PS/c1-24-15-17-25(18-16-24)21-31(41)36-29-22-26(19-20-30(29)47-35(8,9)10)27-13-11-12-14-28(27)32-37-39-40(38-32)23-43-46(42,44-33(2,3)4)45-34(5,6)7/h11-20,22H,21,23H2,1-10H3,(H,36,41). The highest BCUT2D eigenvalue weighted by atomic mass is 32.2. The van der Waals surface area contributed by atoms with Gasteiger partial charge in [-0.3, -0.25) is 18.4 Å². The van der Waals surface area contributed by atoms with Gasteiger partial charge in [0.05, 0.1) is 23.3 Å². The minimum Gasteiger partial charge on any atom is -0.325 e. The molecule has 0 bridgehead atoms. The number of rotatable bonds is 11. The number of hydrogen-bond acceptors (Lipinski definition) is 9. The lowest BCUT2D eigenvalue weighted by atomic mass is 9.99. The molecule has 0 fully saturated rings. The van der Waals surface area contributed by atoms with Crippen molar-refractivity contribution in [1.29, 1.82) is 0 Å². The van der Waals surface area contributed by atoms with Crippen molar-refractivity contribution < 1.29 is 22.9 Å². The minimum atomic E-state index is -3.98. The molecule has 10 nitrogen and oxygen atoms in total. The van der Waals surface area contributed by atoms with Crippen molar-refractivity contribution in [3.63, 3.8) is 0 Å². The topological polar surface area (TPSA) is 117 Å². The first kappa shape index (κ1) is 36.5. The number of benzene rings is 3. The lowest BCUT2D eigenvalue weighted by Crippen LogP contribution is -2.25. The van der Waals surface area contributed by atoms with Crippen LogP contribution in [0, 0.1) is 6.92 Å². The van der Waals surface area contributed by atoms with Crippen molar-refractivity contribution in [1.82, 2.24) is 20.2 Å². The van der Waals surface area contributed by atoms with Crippen LogP contribution in [0.3, 0.4) is 0 Å². The van der Waals surface area contributed by atoms with Crippen LogP contribution in [0.4, 0.5) is 5.69 Å². The van der Waals surface area contributed by atoms with E-state index in [2.05, 4.69) is 41.5 Å². The molecule has 0 aliphatic heterocycles. The molecule has 0 radical (unpaired) electrons. The highest BCUT2D eigenvalue weighted by molar-refractivity contribution is 8.00. The summed E-state index contributed by atoms with van der Waals surface area (Å²) in [5, 5.41) is 16.1. The van der Waals surface area contributed by atoms with E-state index in [9.17, 15) is 9.36 Å². The zero-order valence-electron chi connectivity index (χ0n) is 29.0. The Kier molecular flexibility index (Phi) is 11.2. The number of hydrogen-bond donors (Lipinski definition) is 1. The summed E-state index contributed by atoms with van der Waals surface area (Å²) in [4.78, 5) is 15.4. The van der Waals surface area contributed by atoms with Crippen LogP contribution < -0.4 is 5.32 Å². The van der Waals surface area contributed by atoms with Crippen LogP contribution in [-0.2, 0) is 36.1 Å². The highest BCUT2D eigenvalue weighted by Gasteiger charge is 2.37. The molecule has 4 rings (SSSR count). The number of phosphoric ester groups is 1. The first-order valence-corrected chi connectivity index (χ1v) is 17.8. The Morgan fingerprint density at radius 2 is 1.49 bits per heavy atom. The van der Waals surface area contributed by atoms with Crippen LogP contribution in [0.1, 0.15) is 73.4 Å². The number of tetrazole rings is 1. The molecular weight excluding hydrogens is 633 g/mol. The van der Waals surface area contributed by atoms with Crippen molar-refractivity contribution >= 4 is 31.2 Å². The highest BCUT2D eigenvalue weighted by Crippen LogP contribution is 2.55. The summed E-state index contributed by atoms with van der Waals surface area (Å²) in [6.07, 6.45) is 0.268. The van der Waals surface area contributed by atoms with Gasteiger partial charge >= 0.3 is 7.82 Å². The summed E-state index contributed by atoms with van der Waals surface area (Å²) >= 11 is 1.69. The Labute approximate surface area is 282 Å². The van der Waals surface area contributed by atoms with E-state index >= 15 is 0 Å². The van der Waals surface area contributed by atoms with E-state index in [0.717, 1.165) is 38.4 Å². The number of carbonyl (C=O) groups is 1. The van der Waals surface area contributed by atoms with Crippen LogP contribution in [0.5, 0.6) is 0 Å². The van der Waals surface area contributed by atoms with Gasteiger partial charge in [-0.25, -0.2) is 4.57 Å². The van der Waals surface area contributed by atoms with Gasteiger partial charge in [0.1, 0.15) is 0 Å². The van der Waals surface area contributed by atoms with E-state index < -0.39 is 19.0 Å². The third-order valence-corrected chi connectivity index (χ3v) is 9.35. The monoisotopic (exact) mass is 679 g/mol. The minimum absolute atomic E-state index is 0.0693. The van der Waals surface area contributed by atoms with Gasteiger partial charge < -0.3 is 5.32 Å². The third kappa shape index (κ3) is 11.4. The van der Waals surface area contributed by atoms with Crippen molar-refractivity contribution in [2.75, 3.05) is 5.32 Å². The predicted molar refractivity (Wildman–Crippen MR) is 188 cm³/mol. The number of nitrogens with zero attached hydrogens (tertiary/aromatic N) is 4. The summed E-state index contributed by atoms with van der Waals surface area (Å²) in [5.74, 6) is 0.258. The fraction of sp³-hybridized carbons (Fsp3) is 0.429. The average molecular weight is 680 g/mol. The molecule has 1 N–H and O–H groups in total. The molecule has 3 aromatic carbocycles. The fourth-order valence-electron chi connectivity index (χ4n) is 4.50. The van der Waals surface area contributed by atoms with E-state index in [0.29, 0.717) is 5.82 Å². The molecular formula is C35H46N5O5PS. The molecule has 0 saturated heterocycles. The van der Waals surface area contributed by atoms with Crippen LogP contribution in [0.15, 0.2) is 71.6 Å². The van der Waals surface area contributed by atoms with Crippen molar-refractivity contribution in [3.05, 3.63) is 77.9 Å². The van der Waals surface area contributed by atoms with Gasteiger partial charge in [-0.1, -0.05) is 80.9 Å². The van der Waals surface area contributed by atoms with Gasteiger partial charge in [0.15, 0.2) is 6.73 Å². The van der Waals surface area contributed by atoms with Gasteiger partial charge in [0, 0.05) is 15.2 Å². The first-order chi connectivity index (χ1) is 21.8. The molecule has 252 valence electrons. The summed E-state index contributed by atoms with van der Waals surface area (Å²) in [6, 6.07) is 21.7. The number of carbonyl (C=O) groups excluding carboxylic acids is 1. The predicted octanol–water partition coefficient (Wildman–Crippen LogP) is 9.10. The van der Waals surface area contributed by atoms with E-state index in [1.807, 2.05) is 73.7 Å². The number of nitrogens with one attached hydrogen (secondary N) is 1. The molecule has 1 aromatic heterocycles. The Morgan fingerprint density at radius 3 is 2.09 bits per heavy atom. The Morgan fingerprint density at radius 1 is 0.872 bits per heavy atom. The first-order valence-electron chi connectivity index (χ1n) is 15.5. The number of aryl methyl sites for hydroxylation is 1. The van der Waals surface area contributed by atoms with Crippen molar-refractivity contribution in [2.45, 2.75) is 103 Å². The van der Waals surface area contributed by atoms with Crippen LogP contribution in [-0.4, -0.2) is 42.1 Å². The van der Waals surface area contributed by atoms with Crippen LogP contribution >= 0.6 is 19.6 Å².